The van der Waals surface area contributed by atoms with Gasteiger partial charge in [0.2, 0.25) is 0 Å². The first kappa shape index (κ1) is 19.7. The Bertz CT molecular complexity index is 766. The summed E-state index contributed by atoms with van der Waals surface area (Å²) in [6.07, 6.45) is -0.241. The van der Waals surface area contributed by atoms with Crippen molar-refractivity contribution in [1.82, 2.24) is 0 Å². The molecule has 7 heteroatoms. The van der Waals surface area contributed by atoms with Crippen LogP contribution in [0.1, 0.15) is 13.3 Å². The SMILES string of the molecule is CC[C@@H](Oc1ccccc1OC)C(=O)Nc1cc(OC)c(Cl)cc1OC. The minimum absolute atomic E-state index is 0.318. The van der Waals surface area contributed by atoms with Crippen LogP contribution in [0.25, 0.3) is 0 Å². The highest BCUT2D eigenvalue weighted by molar-refractivity contribution is 6.32. The molecule has 0 unspecified atom stereocenters. The lowest BCUT2D eigenvalue weighted by Crippen LogP contribution is -2.32. The summed E-state index contributed by atoms with van der Waals surface area (Å²) in [5.74, 6) is 1.60. The van der Waals surface area contributed by atoms with Gasteiger partial charge in [-0.25, -0.2) is 0 Å². The van der Waals surface area contributed by atoms with E-state index in [0.29, 0.717) is 40.1 Å². The third-order valence-electron chi connectivity index (χ3n) is 3.73. The average molecular weight is 380 g/mol. The van der Waals surface area contributed by atoms with Crippen molar-refractivity contribution in [3.63, 3.8) is 0 Å². The van der Waals surface area contributed by atoms with Crippen LogP contribution in [-0.2, 0) is 4.79 Å². The summed E-state index contributed by atoms with van der Waals surface area (Å²) in [4.78, 5) is 12.7. The van der Waals surface area contributed by atoms with Gasteiger partial charge in [0.1, 0.15) is 11.5 Å². The van der Waals surface area contributed by atoms with E-state index in [1.807, 2.05) is 19.1 Å². The molecule has 0 aliphatic rings. The Hall–Kier alpha value is -2.60. The summed E-state index contributed by atoms with van der Waals surface area (Å²) in [7, 11) is 4.55. The molecule has 0 spiro atoms. The Morgan fingerprint density at radius 2 is 1.62 bits per heavy atom. The number of carbonyl (C=O) groups excluding carboxylic acids is 1. The van der Waals surface area contributed by atoms with Crippen molar-refractivity contribution >= 4 is 23.2 Å². The molecule has 0 heterocycles. The molecule has 2 aromatic carbocycles. The van der Waals surface area contributed by atoms with Crippen LogP contribution in [0.2, 0.25) is 5.02 Å². The van der Waals surface area contributed by atoms with Crippen LogP contribution in [0.5, 0.6) is 23.0 Å². The molecular formula is C19H22ClNO5. The molecule has 0 bridgehead atoms. The third-order valence-corrected chi connectivity index (χ3v) is 4.03. The lowest BCUT2D eigenvalue weighted by atomic mass is 10.2. The molecule has 0 fully saturated rings. The van der Waals surface area contributed by atoms with E-state index < -0.39 is 6.10 Å². The van der Waals surface area contributed by atoms with E-state index in [4.69, 9.17) is 30.5 Å². The van der Waals surface area contributed by atoms with Gasteiger partial charge in [-0.3, -0.25) is 4.79 Å². The molecule has 0 saturated heterocycles. The molecule has 26 heavy (non-hydrogen) atoms. The predicted octanol–water partition coefficient (Wildman–Crippen LogP) is 4.16. The first-order valence-corrected chi connectivity index (χ1v) is 8.43. The maximum atomic E-state index is 12.7. The number of ether oxygens (including phenoxy) is 4. The fourth-order valence-corrected chi connectivity index (χ4v) is 2.59. The number of hydrogen-bond donors (Lipinski definition) is 1. The maximum absolute atomic E-state index is 12.7. The van der Waals surface area contributed by atoms with Crippen molar-refractivity contribution in [2.24, 2.45) is 0 Å². The Morgan fingerprint density at radius 1 is 1.00 bits per heavy atom. The number of rotatable bonds is 8. The van der Waals surface area contributed by atoms with Gasteiger partial charge in [0.25, 0.3) is 5.91 Å². The highest BCUT2D eigenvalue weighted by Crippen LogP contribution is 2.36. The number of nitrogens with one attached hydrogen (secondary N) is 1. The summed E-state index contributed by atoms with van der Waals surface area (Å²) in [6, 6.07) is 10.4. The standard InChI is InChI=1S/C19H22ClNO5/c1-5-14(26-16-9-7-6-8-15(16)23-2)19(22)21-13-11-17(24-3)12(20)10-18(13)25-4/h6-11,14H,5H2,1-4H3,(H,21,22)/t14-/m1/s1. The van der Waals surface area contributed by atoms with Gasteiger partial charge in [-0.1, -0.05) is 30.7 Å². The van der Waals surface area contributed by atoms with E-state index in [9.17, 15) is 4.79 Å². The fraction of sp³-hybridized carbons (Fsp3) is 0.316. The van der Waals surface area contributed by atoms with E-state index in [1.165, 1.54) is 14.2 Å². The molecular weight excluding hydrogens is 358 g/mol. The highest BCUT2D eigenvalue weighted by atomic mass is 35.5. The number of benzene rings is 2. The second kappa shape index (κ2) is 9.20. The molecule has 2 rings (SSSR count). The van der Waals surface area contributed by atoms with Gasteiger partial charge in [0.15, 0.2) is 17.6 Å². The molecule has 1 N–H and O–H groups in total. The highest BCUT2D eigenvalue weighted by Gasteiger charge is 2.22. The van der Waals surface area contributed by atoms with Crippen molar-refractivity contribution in [1.29, 1.82) is 0 Å². The molecule has 0 aromatic heterocycles. The summed E-state index contributed by atoms with van der Waals surface area (Å²) < 4.78 is 21.6. The number of carbonyl (C=O) groups is 1. The van der Waals surface area contributed by atoms with E-state index in [0.717, 1.165) is 0 Å². The first-order chi connectivity index (χ1) is 12.5. The Labute approximate surface area is 158 Å². The minimum Gasteiger partial charge on any atom is -0.495 e. The normalized spacial score (nSPS) is 11.4. The fourth-order valence-electron chi connectivity index (χ4n) is 2.36. The number of halogens is 1. The summed E-state index contributed by atoms with van der Waals surface area (Å²) in [5, 5.41) is 3.19. The van der Waals surface area contributed by atoms with Gasteiger partial charge in [0.05, 0.1) is 32.0 Å². The van der Waals surface area contributed by atoms with Crippen molar-refractivity contribution in [3.8, 4) is 23.0 Å². The van der Waals surface area contributed by atoms with E-state index in [2.05, 4.69) is 5.32 Å². The molecule has 0 aliphatic heterocycles. The van der Waals surface area contributed by atoms with Crippen LogP contribution in [0.15, 0.2) is 36.4 Å². The Morgan fingerprint density at radius 3 is 2.19 bits per heavy atom. The summed E-state index contributed by atoms with van der Waals surface area (Å²) in [5.41, 5.74) is 0.445. The van der Waals surface area contributed by atoms with Gasteiger partial charge in [-0.2, -0.15) is 0 Å². The zero-order valence-electron chi connectivity index (χ0n) is 15.2. The summed E-state index contributed by atoms with van der Waals surface area (Å²) in [6.45, 7) is 1.86. The first-order valence-electron chi connectivity index (χ1n) is 8.06. The van der Waals surface area contributed by atoms with Crippen molar-refractivity contribution in [3.05, 3.63) is 41.4 Å². The average Bonchev–Trinajstić information content (AvgIpc) is 2.67. The van der Waals surface area contributed by atoms with E-state index in [1.54, 1.807) is 31.4 Å². The number of methoxy groups -OCH3 is 3. The smallest absolute Gasteiger partial charge is 0.265 e. The molecule has 140 valence electrons. The largest absolute Gasteiger partial charge is 0.495 e. The molecule has 0 aliphatic carbocycles. The second-order valence-corrected chi connectivity index (χ2v) is 5.75. The topological polar surface area (TPSA) is 66.0 Å². The number of amides is 1. The summed E-state index contributed by atoms with van der Waals surface area (Å²) >= 11 is 6.09. The van der Waals surface area contributed by atoms with Crippen LogP contribution in [-0.4, -0.2) is 33.3 Å². The minimum atomic E-state index is -0.710. The Kier molecular flexibility index (Phi) is 6.97. The number of para-hydroxylation sites is 2. The van der Waals surface area contributed by atoms with Gasteiger partial charge < -0.3 is 24.3 Å². The molecule has 1 atom stereocenters. The van der Waals surface area contributed by atoms with Crippen LogP contribution < -0.4 is 24.3 Å². The molecule has 6 nitrogen and oxygen atoms in total. The van der Waals surface area contributed by atoms with Crippen molar-refractivity contribution in [2.45, 2.75) is 19.4 Å². The molecule has 0 radical (unpaired) electrons. The van der Waals surface area contributed by atoms with Crippen LogP contribution in [0.4, 0.5) is 5.69 Å². The quantitative estimate of drug-likeness (QED) is 0.745. The van der Waals surface area contributed by atoms with Crippen LogP contribution >= 0.6 is 11.6 Å². The van der Waals surface area contributed by atoms with Gasteiger partial charge >= 0.3 is 0 Å². The Balaban J connectivity index is 2.21. The maximum Gasteiger partial charge on any atom is 0.265 e. The van der Waals surface area contributed by atoms with Crippen molar-refractivity contribution in [2.75, 3.05) is 26.6 Å². The van der Waals surface area contributed by atoms with E-state index >= 15 is 0 Å². The molecule has 1 amide bonds. The van der Waals surface area contributed by atoms with Crippen molar-refractivity contribution < 1.29 is 23.7 Å². The number of anilines is 1. The van der Waals surface area contributed by atoms with E-state index in [-0.39, 0.29) is 5.91 Å². The zero-order valence-corrected chi connectivity index (χ0v) is 15.9. The van der Waals surface area contributed by atoms with Crippen LogP contribution in [0.3, 0.4) is 0 Å². The molecule has 2 aromatic rings. The molecule has 0 saturated carbocycles. The monoisotopic (exact) mass is 379 g/mol. The zero-order chi connectivity index (χ0) is 19.1. The lowest BCUT2D eigenvalue weighted by Gasteiger charge is -2.20. The van der Waals surface area contributed by atoms with Gasteiger partial charge in [-0.15, -0.1) is 0 Å². The van der Waals surface area contributed by atoms with Gasteiger partial charge in [0, 0.05) is 12.1 Å². The third kappa shape index (κ3) is 4.52. The van der Waals surface area contributed by atoms with Crippen LogP contribution in [0, 0.1) is 0 Å². The lowest BCUT2D eigenvalue weighted by molar-refractivity contribution is -0.122. The number of hydrogen-bond acceptors (Lipinski definition) is 5. The van der Waals surface area contributed by atoms with Gasteiger partial charge in [-0.05, 0) is 18.6 Å². The predicted molar refractivity (Wildman–Crippen MR) is 101 cm³/mol. The second-order valence-electron chi connectivity index (χ2n) is 5.34.